The van der Waals surface area contributed by atoms with Gasteiger partial charge in [0.05, 0.1) is 23.6 Å². The van der Waals surface area contributed by atoms with Crippen LogP contribution in [0.1, 0.15) is 55.6 Å². The summed E-state index contributed by atoms with van der Waals surface area (Å²) in [6, 6.07) is 6.14. The highest BCUT2D eigenvalue weighted by molar-refractivity contribution is 6.31. The summed E-state index contributed by atoms with van der Waals surface area (Å²) in [5.41, 5.74) is 1.99. The van der Waals surface area contributed by atoms with Gasteiger partial charge in [-0.25, -0.2) is 4.98 Å². The van der Waals surface area contributed by atoms with Gasteiger partial charge in [0, 0.05) is 18.0 Å². The number of benzene rings is 1. The molecule has 1 unspecified atom stereocenters. The lowest BCUT2D eigenvalue weighted by atomic mass is 10.0. The Hall–Kier alpha value is -1.92. The lowest BCUT2D eigenvalue weighted by molar-refractivity contribution is 0.129. The molecule has 2 aromatic heterocycles. The van der Waals surface area contributed by atoms with Crippen molar-refractivity contribution in [1.82, 2.24) is 29.6 Å². The number of likely N-dealkylation sites (tertiary alicyclic amines) is 1. The monoisotopic (exact) mass is 370 g/mol. The molecular formula is C19H23ClN6. The number of fused-ring (bicyclic) bond motifs is 2. The quantitative estimate of drug-likeness (QED) is 0.760. The molecule has 26 heavy (non-hydrogen) atoms. The van der Waals surface area contributed by atoms with E-state index in [0.29, 0.717) is 6.04 Å². The Morgan fingerprint density at radius 3 is 3.00 bits per heavy atom. The van der Waals surface area contributed by atoms with Crippen LogP contribution in [-0.2, 0) is 19.5 Å². The summed E-state index contributed by atoms with van der Waals surface area (Å²) in [6.07, 6.45) is 7.09. The Labute approximate surface area is 157 Å². The van der Waals surface area contributed by atoms with Gasteiger partial charge in [-0.15, -0.1) is 10.2 Å². The third-order valence-corrected chi connectivity index (χ3v) is 5.91. The van der Waals surface area contributed by atoms with E-state index in [4.69, 9.17) is 16.6 Å². The van der Waals surface area contributed by atoms with E-state index in [1.807, 2.05) is 18.2 Å². The average Bonchev–Trinajstić information content (AvgIpc) is 3.26. The van der Waals surface area contributed by atoms with Crippen LogP contribution in [-0.4, -0.2) is 36.2 Å². The molecule has 0 radical (unpaired) electrons. The molecule has 136 valence electrons. The molecule has 5 rings (SSSR count). The second-order valence-electron chi connectivity index (χ2n) is 7.41. The van der Waals surface area contributed by atoms with Gasteiger partial charge < -0.3 is 9.55 Å². The largest absolute Gasteiger partial charge is 0.341 e. The SMILES string of the molecule is Clc1ccc2nc(C3CCCCN3Cc3nnc4n3CCCC4)[nH]c2c1. The molecule has 3 aromatic rings. The molecule has 7 heteroatoms. The molecule has 0 aliphatic carbocycles. The molecule has 0 amide bonds. The second-order valence-corrected chi connectivity index (χ2v) is 7.84. The molecule has 0 saturated carbocycles. The number of halogens is 1. The van der Waals surface area contributed by atoms with Crippen LogP contribution in [0.4, 0.5) is 0 Å². The molecular weight excluding hydrogens is 348 g/mol. The van der Waals surface area contributed by atoms with Gasteiger partial charge >= 0.3 is 0 Å². The maximum Gasteiger partial charge on any atom is 0.147 e. The minimum atomic E-state index is 0.298. The molecule has 0 spiro atoms. The number of piperidine rings is 1. The first-order valence-electron chi connectivity index (χ1n) is 9.58. The summed E-state index contributed by atoms with van der Waals surface area (Å²) in [6.45, 7) is 2.97. The molecule has 4 heterocycles. The Morgan fingerprint density at radius 1 is 1.12 bits per heavy atom. The number of nitrogens with one attached hydrogen (secondary N) is 1. The highest BCUT2D eigenvalue weighted by Gasteiger charge is 2.28. The predicted molar refractivity (Wildman–Crippen MR) is 101 cm³/mol. The number of aryl methyl sites for hydroxylation is 1. The Morgan fingerprint density at radius 2 is 2.04 bits per heavy atom. The number of aromatic nitrogens is 5. The van der Waals surface area contributed by atoms with Gasteiger partial charge in [-0.05, 0) is 50.4 Å². The van der Waals surface area contributed by atoms with Crippen LogP contribution in [0.3, 0.4) is 0 Å². The third kappa shape index (κ3) is 2.91. The number of H-pyrrole nitrogens is 1. The zero-order valence-corrected chi connectivity index (χ0v) is 15.5. The summed E-state index contributed by atoms with van der Waals surface area (Å²) >= 11 is 6.13. The zero-order valence-electron chi connectivity index (χ0n) is 14.8. The van der Waals surface area contributed by atoms with Gasteiger partial charge in [0.2, 0.25) is 0 Å². The fourth-order valence-electron chi connectivity index (χ4n) is 4.32. The summed E-state index contributed by atoms with van der Waals surface area (Å²) in [5.74, 6) is 3.30. The van der Waals surface area contributed by atoms with Crippen molar-refractivity contribution >= 4 is 22.6 Å². The van der Waals surface area contributed by atoms with E-state index < -0.39 is 0 Å². The number of imidazole rings is 1. The van der Waals surface area contributed by atoms with Crippen molar-refractivity contribution in [1.29, 1.82) is 0 Å². The van der Waals surface area contributed by atoms with Gasteiger partial charge in [0.1, 0.15) is 17.5 Å². The molecule has 2 aliphatic heterocycles. The van der Waals surface area contributed by atoms with Gasteiger partial charge in [0.25, 0.3) is 0 Å². The molecule has 1 N–H and O–H groups in total. The van der Waals surface area contributed by atoms with Crippen molar-refractivity contribution in [3.63, 3.8) is 0 Å². The summed E-state index contributed by atoms with van der Waals surface area (Å²) in [4.78, 5) is 10.9. The minimum Gasteiger partial charge on any atom is -0.341 e. The Kier molecular flexibility index (Phi) is 4.17. The highest BCUT2D eigenvalue weighted by atomic mass is 35.5. The van der Waals surface area contributed by atoms with E-state index in [0.717, 1.165) is 66.0 Å². The number of aromatic amines is 1. The van der Waals surface area contributed by atoms with Gasteiger partial charge in [-0.1, -0.05) is 18.0 Å². The molecule has 1 fully saturated rings. The smallest absolute Gasteiger partial charge is 0.147 e. The van der Waals surface area contributed by atoms with E-state index in [-0.39, 0.29) is 0 Å². The van der Waals surface area contributed by atoms with Crippen LogP contribution in [0.2, 0.25) is 5.02 Å². The van der Waals surface area contributed by atoms with Crippen LogP contribution >= 0.6 is 11.6 Å². The third-order valence-electron chi connectivity index (χ3n) is 5.67. The maximum absolute atomic E-state index is 6.13. The first kappa shape index (κ1) is 16.3. The first-order valence-corrected chi connectivity index (χ1v) is 9.96. The van der Waals surface area contributed by atoms with Crippen LogP contribution in [0.25, 0.3) is 11.0 Å². The fourth-order valence-corrected chi connectivity index (χ4v) is 4.49. The summed E-state index contributed by atoms with van der Waals surface area (Å²) in [7, 11) is 0. The fraction of sp³-hybridized carbons (Fsp3) is 0.526. The predicted octanol–water partition coefficient (Wildman–Crippen LogP) is 3.87. The molecule has 1 aromatic carbocycles. The van der Waals surface area contributed by atoms with Crippen LogP contribution in [0.15, 0.2) is 18.2 Å². The van der Waals surface area contributed by atoms with E-state index in [1.165, 1.54) is 25.7 Å². The number of nitrogens with zero attached hydrogens (tertiary/aromatic N) is 5. The van der Waals surface area contributed by atoms with Crippen LogP contribution < -0.4 is 0 Å². The minimum absolute atomic E-state index is 0.298. The lowest BCUT2D eigenvalue weighted by Crippen LogP contribution is -2.34. The van der Waals surface area contributed by atoms with Crippen molar-refractivity contribution in [2.45, 2.75) is 57.7 Å². The Balaban J connectivity index is 1.44. The normalized spacial score (nSPS) is 21.2. The van der Waals surface area contributed by atoms with E-state index in [2.05, 4.69) is 24.6 Å². The molecule has 0 bridgehead atoms. The second kappa shape index (κ2) is 6.67. The summed E-state index contributed by atoms with van der Waals surface area (Å²) in [5, 5.41) is 9.65. The molecule has 6 nitrogen and oxygen atoms in total. The molecule has 1 saturated heterocycles. The van der Waals surface area contributed by atoms with Crippen molar-refractivity contribution in [2.24, 2.45) is 0 Å². The van der Waals surface area contributed by atoms with Crippen molar-refractivity contribution in [3.05, 3.63) is 40.7 Å². The number of hydrogen-bond acceptors (Lipinski definition) is 4. The van der Waals surface area contributed by atoms with E-state index in [1.54, 1.807) is 0 Å². The highest BCUT2D eigenvalue weighted by Crippen LogP contribution is 2.32. The lowest BCUT2D eigenvalue weighted by Gasteiger charge is -2.34. The number of hydrogen-bond donors (Lipinski definition) is 1. The summed E-state index contributed by atoms with van der Waals surface area (Å²) < 4.78 is 2.33. The van der Waals surface area contributed by atoms with Crippen LogP contribution in [0.5, 0.6) is 0 Å². The topological polar surface area (TPSA) is 62.6 Å². The first-order chi connectivity index (χ1) is 12.8. The van der Waals surface area contributed by atoms with Gasteiger partial charge in [-0.2, -0.15) is 0 Å². The molecule has 2 aliphatic rings. The Bertz CT molecular complexity index is 929. The van der Waals surface area contributed by atoms with Gasteiger partial charge in [-0.3, -0.25) is 4.90 Å². The van der Waals surface area contributed by atoms with Gasteiger partial charge in [0.15, 0.2) is 0 Å². The van der Waals surface area contributed by atoms with E-state index in [9.17, 15) is 0 Å². The van der Waals surface area contributed by atoms with E-state index >= 15 is 0 Å². The standard InChI is InChI=1S/C19H23ClN6/c20-13-7-8-14-15(11-13)22-19(21-14)16-5-1-3-9-25(16)12-18-24-23-17-6-2-4-10-26(17)18/h7-8,11,16H,1-6,9-10,12H2,(H,21,22). The van der Waals surface area contributed by atoms with Crippen molar-refractivity contribution in [3.8, 4) is 0 Å². The number of rotatable bonds is 3. The van der Waals surface area contributed by atoms with Crippen molar-refractivity contribution in [2.75, 3.05) is 6.54 Å². The van der Waals surface area contributed by atoms with Crippen LogP contribution in [0, 0.1) is 0 Å². The average molecular weight is 371 g/mol. The molecule has 1 atom stereocenters. The maximum atomic E-state index is 6.13. The zero-order chi connectivity index (χ0) is 17.5. The van der Waals surface area contributed by atoms with Crippen molar-refractivity contribution < 1.29 is 0 Å².